The third kappa shape index (κ3) is 4.74. The first-order valence-corrected chi connectivity index (χ1v) is 12.9. The van der Waals surface area contributed by atoms with Gasteiger partial charge in [-0.05, 0) is 41.8 Å². The Balaban J connectivity index is 1.20. The molecule has 0 bridgehead atoms. The second-order valence-corrected chi connectivity index (χ2v) is 9.66. The van der Waals surface area contributed by atoms with Gasteiger partial charge in [0.2, 0.25) is 5.89 Å². The Labute approximate surface area is 225 Å². The SMILES string of the molecule is O=C(COC(=O)c1cccc2cccc(-c3nc4ccccc4o3)c12)Nc1nc(-c2ccc(Cl)cc2)cs1. The van der Waals surface area contributed by atoms with Gasteiger partial charge < -0.3 is 9.15 Å². The van der Waals surface area contributed by atoms with Crippen molar-refractivity contribution in [3.05, 3.63) is 101 Å². The van der Waals surface area contributed by atoms with Crippen LogP contribution in [0.1, 0.15) is 10.4 Å². The third-order valence-corrected chi connectivity index (χ3v) is 6.88. The fraction of sp³-hybridized carbons (Fsp3) is 0.0345. The highest BCUT2D eigenvalue weighted by Crippen LogP contribution is 2.33. The van der Waals surface area contributed by atoms with Crippen LogP contribution in [0.3, 0.4) is 0 Å². The molecule has 0 aliphatic rings. The summed E-state index contributed by atoms with van der Waals surface area (Å²) in [4.78, 5) is 34.6. The summed E-state index contributed by atoms with van der Waals surface area (Å²) >= 11 is 7.22. The van der Waals surface area contributed by atoms with Crippen LogP contribution in [0.4, 0.5) is 5.13 Å². The highest BCUT2D eigenvalue weighted by Gasteiger charge is 2.19. The zero-order valence-electron chi connectivity index (χ0n) is 19.7. The summed E-state index contributed by atoms with van der Waals surface area (Å²) in [5.74, 6) is -0.722. The van der Waals surface area contributed by atoms with Crippen molar-refractivity contribution in [2.45, 2.75) is 0 Å². The third-order valence-electron chi connectivity index (χ3n) is 5.87. The van der Waals surface area contributed by atoms with E-state index in [1.807, 2.05) is 66.0 Å². The Morgan fingerprint density at radius 3 is 2.53 bits per heavy atom. The van der Waals surface area contributed by atoms with Gasteiger partial charge in [-0.15, -0.1) is 11.3 Å². The van der Waals surface area contributed by atoms with Gasteiger partial charge in [0.15, 0.2) is 17.3 Å². The zero-order chi connectivity index (χ0) is 26.1. The maximum Gasteiger partial charge on any atom is 0.339 e. The first-order valence-electron chi connectivity index (χ1n) is 11.6. The first-order chi connectivity index (χ1) is 18.5. The number of rotatable bonds is 6. The predicted molar refractivity (Wildman–Crippen MR) is 148 cm³/mol. The van der Waals surface area contributed by atoms with Crippen LogP contribution in [-0.2, 0) is 9.53 Å². The van der Waals surface area contributed by atoms with Gasteiger partial charge in [0.25, 0.3) is 5.91 Å². The second-order valence-electron chi connectivity index (χ2n) is 8.37. The first kappa shape index (κ1) is 23.8. The van der Waals surface area contributed by atoms with E-state index in [4.69, 9.17) is 20.8 Å². The Kier molecular flexibility index (Phi) is 6.33. The Hall–Kier alpha value is -4.53. The molecule has 2 aromatic heterocycles. The van der Waals surface area contributed by atoms with Crippen LogP contribution >= 0.6 is 22.9 Å². The van der Waals surface area contributed by atoms with Crippen molar-refractivity contribution in [1.29, 1.82) is 0 Å². The van der Waals surface area contributed by atoms with E-state index in [9.17, 15) is 9.59 Å². The molecule has 7 nitrogen and oxygen atoms in total. The van der Waals surface area contributed by atoms with Crippen molar-refractivity contribution >= 4 is 61.8 Å². The number of nitrogens with zero attached hydrogens (tertiary/aromatic N) is 2. The monoisotopic (exact) mass is 539 g/mol. The zero-order valence-corrected chi connectivity index (χ0v) is 21.3. The van der Waals surface area contributed by atoms with Crippen LogP contribution < -0.4 is 5.32 Å². The fourth-order valence-corrected chi connectivity index (χ4v) is 4.99. The number of benzene rings is 4. The topological polar surface area (TPSA) is 94.3 Å². The quantitative estimate of drug-likeness (QED) is 0.224. The molecule has 0 aliphatic heterocycles. The standard InChI is InChI=1S/C29H18ClN3O4S/c30-19-13-11-17(12-14-19)23-16-38-29(32-23)33-25(34)15-36-28(35)21-8-4-6-18-5-3-7-20(26(18)21)27-31-22-9-1-2-10-24(22)37-27/h1-14,16H,15H2,(H,32,33,34). The molecule has 0 saturated heterocycles. The number of amides is 1. The van der Waals surface area contributed by atoms with Crippen LogP contribution in [0.25, 0.3) is 44.6 Å². The normalized spacial score (nSPS) is 11.1. The maximum absolute atomic E-state index is 13.1. The summed E-state index contributed by atoms with van der Waals surface area (Å²) in [7, 11) is 0. The number of hydrogen-bond acceptors (Lipinski definition) is 7. The molecule has 4 aromatic carbocycles. The number of anilines is 1. The number of thiazole rings is 1. The Bertz CT molecular complexity index is 1770. The number of para-hydroxylation sites is 2. The number of aromatic nitrogens is 2. The number of hydrogen-bond donors (Lipinski definition) is 1. The van der Waals surface area contributed by atoms with E-state index >= 15 is 0 Å². The van der Waals surface area contributed by atoms with Gasteiger partial charge >= 0.3 is 5.97 Å². The average Bonchev–Trinajstić information content (AvgIpc) is 3.59. The van der Waals surface area contributed by atoms with Crippen LogP contribution in [0.2, 0.25) is 5.02 Å². The van der Waals surface area contributed by atoms with Crippen LogP contribution in [0.15, 0.2) is 94.7 Å². The van der Waals surface area contributed by atoms with Gasteiger partial charge in [0.05, 0.1) is 11.3 Å². The summed E-state index contributed by atoms with van der Waals surface area (Å²) in [5.41, 5.74) is 3.93. The second kappa shape index (κ2) is 10.1. The highest BCUT2D eigenvalue weighted by molar-refractivity contribution is 7.14. The van der Waals surface area contributed by atoms with Crippen molar-refractivity contribution < 1.29 is 18.7 Å². The number of ether oxygens (including phenoxy) is 1. The van der Waals surface area contributed by atoms with E-state index in [2.05, 4.69) is 15.3 Å². The summed E-state index contributed by atoms with van der Waals surface area (Å²) in [5, 5.41) is 7.00. The molecule has 0 unspecified atom stereocenters. The Morgan fingerprint density at radius 1 is 0.921 bits per heavy atom. The molecule has 0 saturated carbocycles. The van der Waals surface area contributed by atoms with E-state index in [0.29, 0.717) is 43.8 Å². The highest BCUT2D eigenvalue weighted by atomic mass is 35.5. The largest absolute Gasteiger partial charge is 0.452 e. The van der Waals surface area contributed by atoms with Gasteiger partial charge in [0, 0.05) is 26.9 Å². The molecule has 6 aromatic rings. The summed E-state index contributed by atoms with van der Waals surface area (Å²) in [6, 6.07) is 25.6. The molecule has 0 radical (unpaired) electrons. The van der Waals surface area contributed by atoms with E-state index in [0.717, 1.165) is 16.5 Å². The van der Waals surface area contributed by atoms with E-state index in [-0.39, 0.29) is 0 Å². The lowest BCUT2D eigenvalue weighted by atomic mass is 9.99. The maximum atomic E-state index is 13.1. The van der Waals surface area contributed by atoms with E-state index in [1.165, 1.54) is 11.3 Å². The fourth-order valence-electron chi connectivity index (χ4n) is 4.13. The lowest BCUT2D eigenvalue weighted by Crippen LogP contribution is -2.21. The molecule has 0 atom stereocenters. The van der Waals surface area contributed by atoms with Crippen LogP contribution in [-0.4, -0.2) is 28.5 Å². The minimum absolute atomic E-state index is 0.312. The molecule has 186 valence electrons. The summed E-state index contributed by atoms with van der Waals surface area (Å²) < 4.78 is 11.3. The molecule has 2 heterocycles. The number of carbonyl (C=O) groups is 2. The minimum atomic E-state index is -0.629. The van der Waals surface area contributed by atoms with Crippen LogP contribution in [0.5, 0.6) is 0 Å². The predicted octanol–water partition coefficient (Wildman–Crippen LogP) is 7.22. The lowest BCUT2D eigenvalue weighted by molar-refractivity contribution is -0.119. The van der Waals surface area contributed by atoms with E-state index < -0.39 is 18.5 Å². The molecule has 9 heteroatoms. The summed E-state index contributed by atoms with van der Waals surface area (Å²) in [6.07, 6.45) is 0. The molecule has 0 fully saturated rings. The number of oxazole rings is 1. The molecular formula is C29H18ClN3O4S. The van der Waals surface area contributed by atoms with Gasteiger partial charge in [-0.25, -0.2) is 14.8 Å². The van der Waals surface area contributed by atoms with Crippen molar-refractivity contribution in [1.82, 2.24) is 9.97 Å². The van der Waals surface area contributed by atoms with Crippen molar-refractivity contribution in [2.24, 2.45) is 0 Å². The molecular weight excluding hydrogens is 522 g/mol. The molecule has 0 aliphatic carbocycles. The Morgan fingerprint density at radius 2 is 1.71 bits per heavy atom. The van der Waals surface area contributed by atoms with Gasteiger partial charge in [-0.3, -0.25) is 10.1 Å². The van der Waals surface area contributed by atoms with Crippen molar-refractivity contribution in [3.63, 3.8) is 0 Å². The number of fused-ring (bicyclic) bond motifs is 2. The molecule has 0 spiro atoms. The number of nitrogens with one attached hydrogen (secondary N) is 1. The van der Waals surface area contributed by atoms with Crippen molar-refractivity contribution in [3.8, 4) is 22.7 Å². The van der Waals surface area contributed by atoms with E-state index in [1.54, 1.807) is 24.3 Å². The molecule has 1 N–H and O–H groups in total. The number of carbonyl (C=O) groups excluding carboxylic acids is 2. The average molecular weight is 540 g/mol. The smallest absolute Gasteiger partial charge is 0.339 e. The lowest BCUT2D eigenvalue weighted by Gasteiger charge is -2.10. The molecule has 6 rings (SSSR count). The summed E-state index contributed by atoms with van der Waals surface area (Å²) in [6.45, 7) is -0.462. The van der Waals surface area contributed by atoms with Crippen LogP contribution in [0, 0.1) is 0 Å². The minimum Gasteiger partial charge on any atom is -0.452 e. The van der Waals surface area contributed by atoms with Gasteiger partial charge in [-0.2, -0.15) is 0 Å². The molecule has 38 heavy (non-hydrogen) atoms. The van der Waals surface area contributed by atoms with Gasteiger partial charge in [-0.1, -0.05) is 60.1 Å². The van der Waals surface area contributed by atoms with Crippen molar-refractivity contribution in [2.75, 3.05) is 11.9 Å². The van der Waals surface area contributed by atoms with Gasteiger partial charge in [0.1, 0.15) is 5.52 Å². The number of halogens is 1. The number of esters is 1. The molecule has 1 amide bonds.